The zero-order valence-electron chi connectivity index (χ0n) is 12.7. The molecule has 114 valence electrons. The summed E-state index contributed by atoms with van der Waals surface area (Å²) in [5.41, 5.74) is 1.33. The smallest absolute Gasteiger partial charge is 0.0409 e. The lowest BCUT2D eigenvalue weighted by molar-refractivity contribution is 0.111. The molecule has 1 aliphatic carbocycles. The molecule has 21 heavy (non-hydrogen) atoms. The van der Waals surface area contributed by atoms with Crippen LogP contribution in [0.25, 0.3) is 0 Å². The molecule has 2 aliphatic rings. The maximum Gasteiger partial charge on any atom is 0.0409 e. The van der Waals surface area contributed by atoms with Gasteiger partial charge in [-0.2, -0.15) is 0 Å². The van der Waals surface area contributed by atoms with Crippen molar-refractivity contribution in [1.29, 1.82) is 0 Å². The monoisotopic (exact) mass is 304 g/mol. The third-order valence-corrected chi connectivity index (χ3v) is 4.89. The molecule has 3 heteroatoms. The topological polar surface area (TPSA) is 6.48 Å². The summed E-state index contributed by atoms with van der Waals surface area (Å²) in [6.07, 6.45) is 8.63. The Hall–Kier alpha value is -0.830. The van der Waals surface area contributed by atoms with Gasteiger partial charge in [-0.3, -0.25) is 4.90 Å². The van der Waals surface area contributed by atoms with Crippen LogP contribution in [-0.4, -0.2) is 42.5 Å². The Morgan fingerprint density at radius 2 is 1.86 bits per heavy atom. The van der Waals surface area contributed by atoms with Gasteiger partial charge in [0, 0.05) is 44.3 Å². The number of halogens is 1. The molecule has 0 saturated carbocycles. The van der Waals surface area contributed by atoms with Crippen molar-refractivity contribution in [2.45, 2.75) is 25.8 Å². The summed E-state index contributed by atoms with van der Waals surface area (Å²) in [7, 11) is 0. The maximum atomic E-state index is 6.06. The second-order valence-electron chi connectivity index (χ2n) is 6.36. The van der Waals surface area contributed by atoms with Crippen molar-refractivity contribution < 1.29 is 0 Å². The highest BCUT2D eigenvalue weighted by molar-refractivity contribution is 6.30. The molecule has 0 amide bonds. The first kappa shape index (κ1) is 15.1. The van der Waals surface area contributed by atoms with E-state index < -0.39 is 0 Å². The van der Waals surface area contributed by atoms with Crippen LogP contribution in [0.4, 0.5) is 0 Å². The number of hydrogen-bond acceptors (Lipinski definition) is 2. The standard InChI is InChI=1S/C18H25ClN2/c19-18-8-4-7-17(13-18)15-21-11-9-20(10-12-21)14-16-5-2-1-3-6-16/h1-2,4,7-8,13,16H,3,5-6,9-12,14-15H2. The molecule has 1 heterocycles. The van der Waals surface area contributed by atoms with Crippen molar-refractivity contribution in [2.75, 3.05) is 32.7 Å². The van der Waals surface area contributed by atoms with Crippen molar-refractivity contribution in [3.05, 3.63) is 47.0 Å². The Labute approximate surface area is 133 Å². The van der Waals surface area contributed by atoms with Gasteiger partial charge in [-0.25, -0.2) is 0 Å². The van der Waals surface area contributed by atoms with E-state index in [2.05, 4.69) is 34.1 Å². The zero-order chi connectivity index (χ0) is 14.5. The SMILES string of the molecule is Clc1cccc(CN2CCN(CC3CC=CCC3)CC2)c1. The van der Waals surface area contributed by atoms with Crippen LogP contribution in [0.5, 0.6) is 0 Å². The highest BCUT2D eigenvalue weighted by Crippen LogP contribution is 2.20. The molecule has 0 radical (unpaired) electrons. The third-order valence-electron chi connectivity index (χ3n) is 4.65. The molecule has 1 aliphatic heterocycles. The van der Waals surface area contributed by atoms with Crippen molar-refractivity contribution in [3.8, 4) is 0 Å². The van der Waals surface area contributed by atoms with Crippen LogP contribution in [0.15, 0.2) is 36.4 Å². The molecule has 0 bridgehead atoms. The molecule has 1 aromatic rings. The predicted octanol–water partition coefficient (Wildman–Crippen LogP) is 3.81. The van der Waals surface area contributed by atoms with Crippen LogP contribution in [0.2, 0.25) is 5.02 Å². The van der Waals surface area contributed by atoms with Crippen LogP contribution in [0.3, 0.4) is 0 Å². The van der Waals surface area contributed by atoms with Gasteiger partial charge in [0.05, 0.1) is 0 Å². The summed E-state index contributed by atoms with van der Waals surface area (Å²) >= 11 is 6.06. The molecule has 3 rings (SSSR count). The van der Waals surface area contributed by atoms with Gasteiger partial charge in [0.25, 0.3) is 0 Å². The highest BCUT2D eigenvalue weighted by Gasteiger charge is 2.20. The maximum absolute atomic E-state index is 6.06. The van der Waals surface area contributed by atoms with E-state index in [0.717, 1.165) is 17.5 Å². The minimum absolute atomic E-state index is 0.844. The van der Waals surface area contributed by atoms with Gasteiger partial charge < -0.3 is 4.90 Å². The molecule has 1 atom stereocenters. The first-order chi connectivity index (χ1) is 10.3. The number of rotatable bonds is 4. The molecular weight excluding hydrogens is 280 g/mol. The molecule has 0 spiro atoms. The molecule has 0 aromatic heterocycles. The van der Waals surface area contributed by atoms with Crippen LogP contribution < -0.4 is 0 Å². The van der Waals surface area contributed by atoms with E-state index in [9.17, 15) is 0 Å². The highest BCUT2D eigenvalue weighted by atomic mass is 35.5. The van der Waals surface area contributed by atoms with Crippen molar-refractivity contribution in [3.63, 3.8) is 0 Å². The quantitative estimate of drug-likeness (QED) is 0.780. The van der Waals surface area contributed by atoms with Crippen LogP contribution in [0.1, 0.15) is 24.8 Å². The zero-order valence-corrected chi connectivity index (χ0v) is 13.4. The first-order valence-electron chi connectivity index (χ1n) is 8.14. The molecule has 1 fully saturated rings. The largest absolute Gasteiger partial charge is 0.301 e. The molecule has 1 aromatic carbocycles. The van der Waals surface area contributed by atoms with Gasteiger partial charge in [-0.1, -0.05) is 35.9 Å². The van der Waals surface area contributed by atoms with E-state index in [-0.39, 0.29) is 0 Å². The van der Waals surface area contributed by atoms with E-state index in [1.54, 1.807) is 0 Å². The average Bonchev–Trinajstić information content (AvgIpc) is 2.50. The fraction of sp³-hybridized carbons (Fsp3) is 0.556. The van der Waals surface area contributed by atoms with Crippen molar-refractivity contribution in [2.24, 2.45) is 5.92 Å². The molecular formula is C18H25ClN2. The van der Waals surface area contributed by atoms with Crippen molar-refractivity contribution >= 4 is 11.6 Å². The molecule has 2 nitrogen and oxygen atoms in total. The second kappa shape index (κ2) is 7.44. The van der Waals surface area contributed by atoms with Gasteiger partial charge in [-0.15, -0.1) is 0 Å². The van der Waals surface area contributed by atoms with E-state index in [0.29, 0.717) is 0 Å². The predicted molar refractivity (Wildman–Crippen MR) is 89.7 cm³/mol. The minimum Gasteiger partial charge on any atom is -0.301 e. The lowest BCUT2D eigenvalue weighted by Gasteiger charge is -2.36. The molecule has 0 N–H and O–H groups in total. The summed E-state index contributed by atoms with van der Waals surface area (Å²) in [5.74, 6) is 0.884. The number of piperazine rings is 1. The normalized spacial score (nSPS) is 24.3. The van der Waals surface area contributed by atoms with E-state index in [1.807, 2.05) is 12.1 Å². The Balaban J connectivity index is 1.43. The Morgan fingerprint density at radius 1 is 1.05 bits per heavy atom. The number of hydrogen-bond donors (Lipinski definition) is 0. The summed E-state index contributed by atoms with van der Waals surface area (Å²) < 4.78 is 0. The number of benzene rings is 1. The van der Waals surface area contributed by atoms with Gasteiger partial charge in [0.2, 0.25) is 0 Å². The Bertz CT molecular complexity index is 478. The van der Waals surface area contributed by atoms with E-state index in [1.165, 1.54) is 57.5 Å². The Kier molecular flexibility index (Phi) is 5.34. The summed E-state index contributed by atoms with van der Waals surface area (Å²) in [4.78, 5) is 5.20. The molecule has 1 unspecified atom stereocenters. The van der Waals surface area contributed by atoms with Crippen LogP contribution in [0, 0.1) is 5.92 Å². The van der Waals surface area contributed by atoms with Crippen molar-refractivity contribution in [1.82, 2.24) is 9.80 Å². The van der Waals surface area contributed by atoms with Gasteiger partial charge >= 0.3 is 0 Å². The van der Waals surface area contributed by atoms with E-state index in [4.69, 9.17) is 11.6 Å². The van der Waals surface area contributed by atoms with Gasteiger partial charge in [0.15, 0.2) is 0 Å². The minimum atomic E-state index is 0.844. The number of nitrogens with zero attached hydrogens (tertiary/aromatic N) is 2. The van der Waals surface area contributed by atoms with Crippen LogP contribution >= 0.6 is 11.6 Å². The Morgan fingerprint density at radius 3 is 2.57 bits per heavy atom. The fourth-order valence-electron chi connectivity index (χ4n) is 3.41. The summed E-state index contributed by atoms with van der Waals surface area (Å²) in [5, 5.41) is 0.844. The summed E-state index contributed by atoms with van der Waals surface area (Å²) in [6.45, 7) is 7.08. The third kappa shape index (κ3) is 4.57. The number of allylic oxidation sites excluding steroid dienone is 2. The van der Waals surface area contributed by atoms with Gasteiger partial charge in [-0.05, 0) is 42.9 Å². The fourth-order valence-corrected chi connectivity index (χ4v) is 3.62. The second-order valence-corrected chi connectivity index (χ2v) is 6.79. The summed E-state index contributed by atoms with van der Waals surface area (Å²) in [6, 6.07) is 8.25. The molecule has 1 saturated heterocycles. The van der Waals surface area contributed by atoms with Gasteiger partial charge in [0.1, 0.15) is 0 Å². The van der Waals surface area contributed by atoms with Crippen LogP contribution in [-0.2, 0) is 6.54 Å². The first-order valence-corrected chi connectivity index (χ1v) is 8.51. The lowest BCUT2D eigenvalue weighted by Crippen LogP contribution is -2.47. The lowest BCUT2D eigenvalue weighted by atomic mass is 9.94. The average molecular weight is 305 g/mol. The van der Waals surface area contributed by atoms with E-state index >= 15 is 0 Å².